The van der Waals surface area contributed by atoms with Crippen molar-refractivity contribution >= 4 is 15.9 Å². The van der Waals surface area contributed by atoms with E-state index in [4.69, 9.17) is 19.2 Å². The van der Waals surface area contributed by atoms with Crippen molar-refractivity contribution < 1.29 is 26.9 Å². The smallest absolute Gasteiger partial charge is 0.264 e. The van der Waals surface area contributed by atoms with Gasteiger partial charge in [0.1, 0.15) is 11.9 Å². The average Bonchev–Trinajstić information content (AvgIpc) is 3.11. The van der Waals surface area contributed by atoms with Gasteiger partial charge in [0.2, 0.25) is 0 Å². The van der Waals surface area contributed by atoms with E-state index in [1.807, 2.05) is 0 Å². The van der Waals surface area contributed by atoms with Gasteiger partial charge in [-0.3, -0.25) is 8.98 Å². The zero-order chi connectivity index (χ0) is 25.9. The number of azide groups is 1. The van der Waals surface area contributed by atoms with E-state index in [1.165, 1.54) is 12.8 Å². The second-order valence-corrected chi connectivity index (χ2v) is 14.3. The summed E-state index contributed by atoms with van der Waals surface area (Å²) >= 11 is 0. The van der Waals surface area contributed by atoms with E-state index in [0.29, 0.717) is 29.5 Å². The molecule has 5 fully saturated rings. The maximum Gasteiger partial charge on any atom is 0.264 e. The second kappa shape index (κ2) is 9.53. The van der Waals surface area contributed by atoms with Gasteiger partial charge in [-0.1, -0.05) is 19.0 Å². The molecule has 0 aromatic heterocycles. The number of carbonyl (C=O) groups excluding carboxylic acids is 1. The first-order valence-corrected chi connectivity index (χ1v) is 15.5. The van der Waals surface area contributed by atoms with Crippen molar-refractivity contribution in [3.8, 4) is 0 Å². The lowest BCUT2D eigenvalue weighted by Gasteiger charge is -2.60. The molecule has 0 N–H and O–H groups in total. The largest absolute Gasteiger partial charge is 0.349 e. The summed E-state index contributed by atoms with van der Waals surface area (Å²) in [5, 5.41) is 3.87. The Bertz CT molecular complexity index is 1030. The molecule has 0 aromatic carbocycles. The zero-order valence-electron chi connectivity index (χ0n) is 22.0. The van der Waals surface area contributed by atoms with Crippen LogP contribution >= 0.6 is 0 Å². The van der Waals surface area contributed by atoms with Crippen molar-refractivity contribution in [1.82, 2.24) is 0 Å². The lowest BCUT2D eigenvalue weighted by Crippen LogP contribution is -2.55. The summed E-state index contributed by atoms with van der Waals surface area (Å²) in [4.78, 5) is 15.6. The van der Waals surface area contributed by atoms with E-state index in [9.17, 15) is 13.2 Å². The number of hydrogen-bond donors (Lipinski definition) is 0. The highest BCUT2D eigenvalue weighted by Gasteiger charge is 2.60. The molecule has 0 aromatic rings. The predicted octanol–water partition coefficient (Wildman–Crippen LogP) is 5.14. The molecule has 0 amide bonds. The molecule has 11 atom stereocenters. The fraction of sp³-hybridized carbons (Fsp3) is 0.962. The van der Waals surface area contributed by atoms with Gasteiger partial charge in [-0.05, 0) is 99.3 Å². The van der Waals surface area contributed by atoms with Gasteiger partial charge in [-0.15, -0.1) is 0 Å². The van der Waals surface area contributed by atoms with Crippen molar-refractivity contribution in [3.05, 3.63) is 10.4 Å². The third-order valence-corrected chi connectivity index (χ3v) is 11.4. The van der Waals surface area contributed by atoms with Crippen LogP contribution in [-0.4, -0.2) is 51.1 Å². The van der Waals surface area contributed by atoms with Gasteiger partial charge in [-0.2, -0.15) is 8.42 Å². The van der Waals surface area contributed by atoms with Gasteiger partial charge in [0.05, 0.1) is 24.5 Å². The molecule has 0 unspecified atom stereocenters. The Labute approximate surface area is 214 Å². The molecule has 1 saturated heterocycles. The Morgan fingerprint density at radius 2 is 1.86 bits per heavy atom. The molecule has 4 aliphatic carbocycles. The Morgan fingerprint density at radius 1 is 1.08 bits per heavy atom. The lowest BCUT2D eigenvalue weighted by atomic mass is 9.45. The predicted molar refractivity (Wildman–Crippen MR) is 133 cm³/mol. The van der Waals surface area contributed by atoms with Crippen LogP contribution in [0.25, 0.3) is 10.4 Å². The molecule has 10 heteroatoms. The van der Waals surface area contributed by atoms with Crippen molar-refractivity contribution in [2.75, 3.05) is 6.26 Å². The van der Waals surface area contributed by atoms with Crippen LogP contribution in [0.2, 0.25) is 0 Å². The van der Waals surface area contributed by atoms with Crippen LogP contribution in [0.15, 0.2) is 5.11 Å². The molecule has 202 valence electrons. The minimum absolute atomic E-state index is 0.0162. The first-order valence-electron chi connectivity index (χ1n) is 13.7. The maximum atomic E-state index is 12.7. The lowest BCUT2D eigenvalue weighted by molar-refractivity contribution is -0.250. The standard InChI is InChI=1S/C26H41N3O6S/c1-15-22(35-36(4,31)32)14-21(28-29-27)24(33-15)34-17-9-11-25(2)16(13-17)5-6-18-19-7-8-23(30)26(19,3)12-10-20(18)25/h15-22,24H,5-14H2,1-4H3/t15-,16+,17+,18+,19+,20+,21-,22+,24+,25+,26+/m1/s1. The van der Waals surface area contributed by atoms with Crippen LogP contribution in [0.3, 0.4) is 0 Å². The monoisotopic (exact) mass is 523 g/mol. The van der Waals surface area contributed by atoms with E-state index in [0.717, 1.165) is 51.2 Å². The van der Waals surface area contributed by atoms with E-state index >= 15 is 0 Å². The zero-order valence-corrected chi connectivity index (χ0v) is 22.8. The summed E-state index contributed by atoms with van der Waals surface area (Å²) in [6, 6.07) is -0.641. The van der Waals surface area contributed by atoms with Gasteiger partial charge in [0.25, 0.3) is 10.1 Å². The van der Waals surface area contributed by atoms with Crippen LogP contribution in [-0.2, 0) is 28.6 Å². The molecule has 1 heterocycles. The average molecular weight is 524 g/mol. The first kappa shape index (κ1) is 26.4. The Hall–Kier alpha value is -1.19. The van der Waals surface area contributed by atoms with Crippen LogP contribution in [0.5, 0.6) is 0 Å². The van der Waals surface area contributed by atoms with Crippen LogP contribution in [0.4, 0.5) is 0 Å². The molecule has 9 nitrogen and oxygen atoms in total. The summed E-state index contributed by atoms with van der Waals surface area (Å²) in [5.41, 5.74) is 9.28. The normalized spacial score (nSPS) is 48.9. The molecule has 0 radical (unpaired) electrons. The van der Waals surface area contributed by atoms with Crippen LogP contribution < -0.4 is 0 Å². The molecule has 0 spiro atoms. The summed E-state index contributed by atoms with van der Waals surface area (Å²) in [6.45, 7) is 6.49. The molecule has 5 rings (SSSR count). The highest BCUT2D eigenvalue weighted by Crippen LogP contribution is 2.65. The molecule has 4 saturated carbocycles. The van der Waals surface area contributed by atoms with E-state index < -0.39 is 34.7 Å². The third kappa shape index (κ3) is 4.62. The summed E-state index contributed by atoms with van der Waals surface area (Å²) < 4.78 is 40.9. The van der Waals surface area contributed by atoms with Crippen molar-refractivity contribution in [2.45, 2.75) is 116 Å². The van der Waals surface area contributed by atoms with Gasteiger partial charge in [0.15, 0.2) is 6.29 Å². The topological polar surface area (TPSA) is 128 Å². The highest BCUT2D eigenvalue weighted by molar-refractivity contribution is 7.86. The number of carbonyl (C=O) groups is 1. The Morgan fingerprint density at radius 3 is 2.58 bits per heavy atom. The SMILES string of the molecule is C[C@H]1O[C@@H](O[C@H]2CC[C@@]3(C)[C@@H](CC[C@@H]4[C@@H]3CC[C@]3(C)C(=O)CC[C@@H]43)C2)[C@H](N=[N+]=[N-])C[C@@H]1OS(C)(=O)=O. The number of rotatable bonds is 5. The minimum atomic E-state index is -3.66. The van der Waals surface area contributed by atoms with E-state index in [-0.39, 0.29) is 23.4 Å². The number of Topliss-reactive ketones (excluding diaryl/α,β-unsaturated/α-hetero) is 1. The summed E-state index contributed by atoms with van der Waals surface area (Å²) in [7, 11) is -3.66. The van der Waals surface area contributed by atoms with E-state index in [2.05, 4.69) is 23.9 Å². The van der Waals surface area contributed by atoms with Crippen molar-refractivity contribution in [1.29, 1.82) is 0 Å². The maximum absolute atomic E-state index is 12.7. The number of hydrogen-bond acceptors (Lipinski definition) is 7. The van der Waals surface area contributed by atoms with Crippen molar-refractivity contribution in [3.63, 3.8) is 0 Å². The van der Waals surface area contributed by atoms with Gasteiger partial charge in [0, 0.05) is 16.7 Å². The van der Waals surface area contributed by atoms with Gasteiger partial charge >= 0.3 is 0 Å². The number of fused-ring (bicyclic) bond motifs is 5. The Balaban J connectivity index is 1.25. The molecular weight excluding hydrogens is 482 g/mol. The summed E-state index contributed by atoms with van der Waals surface area (Å²) in [6.07, 6.45) is 8.74. The molecular formula is C26H41N3O6S. The number of ether oxygens (including phenoxy) is 2. The first-order chi connectivity index (χ1) is 16.9. The molecule has 5 aliphatic rings. The third-order valence-electron chi connectivity index (χ3n) is 10.8. The molecule has 1 aliphatic heterocycles. The fourth-order valence-electron chi connectivity index (χ4n) is 8.87. The van der Waals surface area contributed by atoms with Gasteiger partial charge in [-0.25, -0.2) is 0 Å². The number of ketones is 1. The van der Waals surface area contributed by atoms with E-state index in [1.54, 1.807) is 6.92 Å². The van der Waals surface area contributed by atoms with Crippen LogP contribution in [0, 0.1) is 34.5 Å². The summed E-state index contributed by atoms with van der Waals surface area (Å²) in [5.74, 6) is 2.96. The highest BCUT2D eigenvalue weighted by atomic mass is 32.2. The fourth-order valence-corrected chi connectivity index (χ4v) is 9.55. The quantitative estimate of drug-likeness (QED) is 0.161. The second-order valence-electron chi connectivity index (χ2n) is 12.7. The Kier molecular flexibility index (Phi) is 6.99. The van der Waals surface area contributed by atoms with Gasteiger partial charge < -0.3 is 9.47 Å². The van der Waals surface area contributed by atoms with Crippen LogP contribution in [0.1, 0.15) is 85.0 Å². The minimum Gasteiger partial charge on any atom is -0.349 e. The molecule has 0 bridgehead atoms. The van der Waals surface area contributed by atoms with Crippen molar-refractivity contribution in [2.24, 2.45) is 39.6 Å². The number of nitrogens with zero attached hydrogens (tertiary/aromatic N) is 3. The molecule has 36 heavy (non-hydrogen) atoms.